The first-order valence-corrected chi connectivity index (χ1v) is 8.98. The van der Waals surface area contributed by atoms with E-state index in [2.05, 4.69) is 0 Å². The molecule has 1 unspecified atom stereocenters. The van der Waals surface area contributed by atoms with Crippen LogP contribution in [0.5, 0.6) is 0 Å². The molecule has 0 fully saturated rings. The van der Waals surface area contributed by atoms with E-state index in [0.717, 1.165) is 27.3 Å². The van der Waals surface area contributed by atoms with Crippen LogP contribution in [0.2, 0.25) is 5.02 Å². The maximum atomic E-state index is 11.1. The van der Waals surface area contributed by atoms with Crippen molar-refractivity contribution in [1.29, 1.82) is 0 Å². The number of nitrogens with two attached hydrogens (primary N) is 1. The summed E-state index contributed by atoms with van der Waals surface area (Å²) in [7, 11) is 0. The van der Waals surface area contributed by atoms with Crippen molar-refractivity contribution in [3.05, 3.63) is 97.9 Å². The molecule has 0 radical (unpaired) electrons. The number of hydrogen-bond donors (Lipinski definition) is 1. The molecule has 0 spiro atoms. The van der Waals surface area contributed by atoms with E-state index in [1.807, 2.05) is 54.6 Å². The summed E-state index contributed by atoms with van der Waals surface area (Å²) in [6.07, 6.45) is 1.16. The van der Waals surface area contributed by atoms with Crippen LogP contribution < -0.4 is 5.73 Å². The number of nitrogens with zero attached hydrogens (tertiary/aromatic N) is 1. The van der Waals surface area contributed by atoms with Gasteiger partial charge >= 0.3 is 5.00 Å². The molecular weight excluding hydrogens is 356 g/mol. The molecule has 1 atom stereocenters. The summed E-state index contributed by atoms with van der Waals surface area (Å²) in [5.41, 5.74) is 8.19. The summed E-state index contributed by atoms with van der Waals surface area (Å²) >= 11 is 7.10. The fourth-order valence-corrected chi connectivity index (χ4v) is 3.90. The van der Waals surface area contributed by atoms with Crippen molar-refractivity contribution >= 4 is 27.9 Å². The van der Waals surface area contributed by atoms with Crippen molar-refractivity contribution in [3.63, 3.8) is 0 Å². The van der Waals surface area contributed by atoms with Crippen molar-refractivity contribution in [1.82, 2.24) is 0 Å². The number of hydrogen-bond acceptors (Lipinski definition) is 4. The highest BCUT2D eigenvalue weighted by Crippen LogP contribution is 2.35. The molecule has 0 aliphatic carbocycles. The molecule has 0 bridgehead atoms. The zero-order valence-corrected chi connectivity index (χ0v) is 15.0. The van der Waals surface area contributed by atoms with Gasteiger partial charge in [-0.3, -0.25) is 10.1 Å². The van der Waals surface area contributed by atoms with Gasteiger partial charge in [0.2, 0.25) is 0 Å². The Balaban J connectivity index is 1.96. The quantitative estimate of drug-likeness (QED) is 0.491. The van der Waals surface area contributed by atoms with Gasteiger partial charge in [-0.1, -0.05) is 65.4 Å². The number of nitro groups is 1. The molecule has 4 nitrogen and oxygen atoms in total. The lowest BCUT2D eigenvalue weighted by atomic mass is 9.84. The normalized spacial score (nSPS) is 13.4. The van der Waals surface area contributed by atoms with Gasteiger partial charge in [0.25, 0.3) is 0 Å². The zero-order chi connectivity index (χ0) is 17.9. The monoisotopic (exact) mass is 372 g/mol. The highest BCUT2D eigenvalue weighted by molar-refractivity contribution is 7.15. The van der Waals surface area contributed by atoms with Crippen LogP contribution >= 0.6 is 22.9 Å². The first-order valence-electron chi connectivity index (χ1n) is 7.78. The maximum Gasteiger partial charge on any atom is 0.324 e. The van der Waals surface area contributed by atoms with E-state index in [-0.39, 0.29) is 9.92 Å². The molecule has 1 aromatic heterocycles. The Hall–Kier alpha value is -2.21. The number of thiophene rings is 1. The van der Waals surface area contributed by atoms with E-state index in [1.165, 1.54) is 6.07 Å². The minimum absolute atomic E-state index is 0.106. The smallest absolute Gasteiger partial charge is 0.320 e. The number of rotatable bonds is 6. The largest absolute Gasteiger partial charge is 0.324 e. The van der Waals surface area contributed by atoms with Crippen LogP contribution in [0.3, 0.4) is 0 Å². The standard InChI is InChI=1S/C19H17ClN2O2S/c20-16-8-6-15(7-9-16)13-19(21,12-14-4-2-1-3-5-14)17-10-11-18(25-17)22(23)24/h1-11H,12-13,21H2. The lowest BCUT2D eigenvalue weighted by molar-refractivity contribution is -0.380. The van der Waals surface area contributed by atoms with Gasteiger partial charge in [-0.2, -0.15) is 0 Å². The molecule has 3 rings (SSSR count). The van der Waals surface area contributed by atoms with E-state index in [1.54, 1.807) is 6.07 Å². The molecule has 3 aromatic rings. The maximum absolute atomic E-state index is 11.1. The fourth-order valence-electron chi connectivity index (χ4n) is 2.86. The van der Waals surface area contributed by atoms with Gasteiger partial charge in [-0.05, 0) is 42.2 Å². The molecule has 0 aliphatic heterocycles. The third kappa shape index (κ3) is 4.25. The van der Waals surface area contributed by atoms with Crippen LogP contribution in [0.4, 0.5) is 5.00 Å². The van der Waals surface area contributed by atoms with Crippen molar-refractivity contribution in [2.75, 3.05) is 0 Å². The van der Waals surface area contributed by atoms with Crippen LogP contribution in [-0.2, 0) is 18.4 Å². The van der Waals surface area contributed by atoms with E-state index in [9.17, 15) is 10.1 Å². The van der Waals surface area contributed by atoms with Crippen molar-refractivity contribution in [2.24, 2.45) is 5.73 Å². The van der Waals surface area contributed by atoms with Gasteiger partial charge in [-0.15, -0.1) is 0 Å². The number of benzene rings is 2. The van der Waals surface area contributed by atoms with Gasteiger partial charge < -0.3 is 5.73 Å². The highest BCUT2D eigenvalue weighted by atomic mass is 35.5. The molecule has 128 valence electrons. The second-order valence-corrected chi connectivity index (χ2v) is 7.52. The van der Waals surface area contributed by atoms with Gasteiger partial charge in [0.15, 0.2) is 0 Å². The zero-order valence-electron chi connectivity index (χ0n) is 13.4. The molecule has 0 saturated heterocycles. The van der Waals surface area contributed by atoms with Crippen LogP contribution in [0, 0.1) is 10.1 Å². The molecule has 2 N–H and O–H groups in total. The third-order valence-electron chi connectivity index (χ3n) is 4.06. The second-order valence-electron chi connectivity index (χ2n) is 6.02. The predicted octanol–water partition coefficient (Wildman–Crippen LogP) is 4.95. The van der Waals surface area contributed by atoms with E-state index in [4.69, 9.17) is 17.3 Å². The Labute approximate surface area is 155 Å². The molecule has 1 heterocycles. The van der Waals surface area contributed by atoms with Gasteiger partial charge in [0.05, 0.1) is 10.5 Å². The number of halogens is 1. The average Bonchev–Trinajstić information content (AvgIpc) is 3.09. The van der Waals surface area contributed by atoms with E-state index >= 15 is 0 Å². The summed E-state index contributed by atoms with van der Waals surface area (Å²) in [5, 5.41) is 11.8. The predicted molar refractivity (Wildman–Crippen MR) is 102 cm³/mol. The van der Waals surface area contributed by atoms with E-state index in [0.29, 0.717) is 17.9 Å². The van der Waals surface area contributed by atoms with Crippen molar-refractivity contribution in [3.8, 4) is 0 Å². The second kappa shape index (κ2) is 7.35. The Morgan fingerprint density at radius 1 is 0.960 bits per heavy atom. The first kappa shape index (κ1) is 17.6. The highest BCUT2D eigenvalue weighted by Gasteiger charge is 2.31. The SMILES string of the molecule is NC(Cc1ccccc1)(Cc1ccc(Cl)cc1)c1ccc([N+](=O)[O-])s1. The summed E-state index contributed by atoms with van der Waals surface area (Å²) in [6, 6.07) is 20.8. The third-order valence-corrected chi connectivity index (χ3v) is 5.57. The molecule has 6 heteroatoms. The van der Waals surface area contributed by atoms with Gasteiger partial charge in [-0.25, -0.2) is 0 Å². The average molecular weight is 373 g/mol. The first-order chi connectivity index (χ1) is 12.0. The Bertz CT molecular complexity index is 865. The van der Waals surface area contributed by atoms with Crippen LogP contribution in [0.25, 0.3) is 0 Å². The van der Waals surface area contributed by atoms with E-state index < -0.39 is 5.54 Å². The molecular formula is C19H17ClN2O2S. The van der Waals surface area contributed by atoms with Crippen LogP contribution in [0.15, 0.2) is 66.7 Å². The lowest BCUT2D eigenvalue weighted by Crippen LogP contribution is -2.40. The summed E-state index contributed by atoms with van der Waals surface area (Å²) < 4.78 is 0. The lowest BCUT2D eigenvalue weighted by Gasteiger charge is -2.29. The molecule has 2 aromatic carbocycles. The van der Waals surface area contributed by atoms with Gasteiger partial charge in [0.1, 0.15) is 0 Å². The molecule has 25 heavy (non-hydrogen) atoms. The van der Waals surface area contributed by atoms with Crippen molar-refractivity contribution < 1.29 is 4.92 Å². The fraction of sp³-hybridized carbons (Fsp3) is 0.158. The Morgan fingerprint density at radius 2 is 1.56 bits per heavy atom. The van der Waals surface area contributed by atoms with Crippen LogP contribution in [-0.4, -0.2) is 4.92 Å². The molecule has 0 amide bonds. The van der Waals surface area contributed by atoms with Crippen molar-refractivity contribution in [2.45, 2.75) is 18.4 Å². The Morgan fingerprint density at radius 3 is 2.12 bits per heavy atom. The van der Waals surface area contributed by atoms with Crippen LogP contribution in [0.1, 0.15) is 16.0 Å². The molecule has 0 saturated carbocycles. The minimum atomic E-state index is -0.728. The summed E-state index contributed by atoms with van der Waals surface area (Å²) in [5.74, 6) is 0. The Kier molecular flexibility index (Phi) is 5.18. The van der Waals surface area contributed by atoms with Gasteiger partial charge in [0, 0.05) is 16.0 Å². The minimum Gasteiger partial charge on any atom is -0.320 e. The summed E-state index contributed by atoms with van der Waals surface area (Å²) in [6.45, 7) is 0. The molecule has 0 aliphatic rings. The summed E-state index contributed by atoms with van der Waals surface area (Å²) in [4.78, 5) is 11.5. The topological polar surface area (TPSA) is 69.2 Å².